The van der Waals surface area contributed by atoms with Gasteiger partial charge in [0, 0.05) is 18.6 Å². The molecule has 1 fully saturated rings. The van der Waals surface area contributed by atoms with Crippen molar-refractivity contribution in [1.82, 2.24) is 0 Å². The third-order valence-corrected chi connectivity index (χ3v) is 1.53. The first kappa shape index (κ1) is 8.00. The van der Waals surface area contributed by atoms with Crippen molar-refractivity contribution in [2.45, 2.75) is 12.8 Å². The summed E-state index contributed by atoms with van der Waals surface area (Å²) < 4.78 is 5.17. The first-order valence-corrected chi connectivity index (χ1v) is 3.58. The maximum Gasteiger partial charge on any atom is 0.249 e. The molecule has 1 saturated heterocycles. The van der Waals surface area contributed by atoms with Crippen molar-refractivity contribution in [2.75, 3.05) is 13.2 Å². The van der Waals surface area contributed by atoms with Gasteiger partial charge in [-0.05, 0) is 12.8 Å². The molecule has 0 N–H and O–H groups in total. The van der Waals surface area contributed by atoms with Crippen LogP contribution in [0.1, 0.15) is 12.8 Å². The molecule has 0 aromatic carbocycles. The van der Waals surface area contributed by atoms with Crippen molar-refractivity contribution < 1.29 is 9.53 Å². The van der Waals surface area contributed by atoms with Crippen molar-refractivity contribution in [3.8, 4) is 12.0 Å². The molecule has 0 aromatic heterocycles. The molecular formula is C8H9NO2. The highest BCUT2D eigenvalue weighted by molar-refractivity contribution is 5.36. The Labute approximate surface area is 65.5 Å². The Morgan fingerprint density at radius 3 is 3.09 bits per heavy atom. The molecule has 3 nitrogen and oxygen atoms in total. The lowest BCUT2D eigenvalue weighted by molar-refractivity contribution is 0.0739. The van der Waals surface area contributed by atoms with E-state index in [0.717, 1.165) is 19.4 Å². The van der Waals surface area contributed by atoms with Crippen molar-refractivity contribution in [1.29, 1.82) is 0 Å². The van der Waals surface area contributed by atoms with E-state index in [-0.39, 0.29) is 5.92 Å². The van der Waals surface area contributed by atoms with Gasteiger partial charge in [0.2, 0.25) is 6.08 Å². The van der Waals surface area contributed by atoms with Gasteiger partial charge in [-0.3, -0.25) is 0 Å². The average Bonchev–Trinajstić information content (AvgIpc) is 2.07. The molecule has 3 heteroatoms. The number of aliphatic imine (C=N–C) groups is 1. The monoisotopic (exact) mass is 151 g/mol. The molecule has 11 heavy (non-hydrogen) atoms. The Hall–Kier alpha value is -1.10. The zero-order chi connectivity index (χ0) is 7.94. The fourth-order valence-corrected chi connectivity index (χ4v) is 1.00. The Morgan fingerprint density at radius 2 is 2.45 bits per heavy atom. The second-order valence-electron chi connectivity index (χ2n) is 2.37. The fourth-order valence-electron chi connectivity index (χ4n) is 1.00. The highest BCUT2D eigenvalue weighted by atomic mass is 16.5. The summed E-state index contributed by atoms with van der Waals surface area (Å²) in [6.07, 6.45) is 3.46. The molecule has 0 aromatic rings. The average molecular weight is 151 g/mol. The van der Waals surface area contributed by atoms with Gasteiger partial charge in [0.05, 0.1) is 6.61 Å². The number of rotatable bonds is 0. The third-order valence-electron chi connectivity index (χ3n) is 1.53. The Bertz CT molecular complexity index is 214. The molecule has 0 spiro atoms. The van der Waals surface area contributed by atoms with Crippen LogP contribution in [0.2, 0.25) is 0 Å². The summed E-state index contributed by atoms with van der Waals surface area (Å²) in [5.41, 5.74) is 0. The van der Waals surface area contributed by atoms with Gasteiger partial charge in [0.15, 0.2) is 0 Å². The summed E-state index contributed by atoms with van der Waals surface area (Å²) in [6, 6.07) is 2.38. The van der Waals surface area contributed by atoms with Crippen LogP contribution in [-0.2, 0) is 9.53 Å². The molecule has 1 aliphatic rings. The predicted octanol–water partition coefficient (Wildman–Crippen LogP) is 0.710. The summed E-state index contributed by atoms with van der Waals surface area (Å²) >= 11 is 0. The molecule has 0 bridgehead atoms. The lowest BCUT2D eigenvalue weighted by Gasteiger charge is -2.16. The van der Waals surface area contributed by atoms with E-state index in [0.29, 0.717) is 6.61 Å². The van der Waals surface area contributed by atoms with E-state index in [1.54, 1.807) is 0 Å². The predicted molar refractivity (Wildman–Crippen MR) is 39.4 cm³/mol. The lowest BCUT2D eigenvalue weighted by atomic mass is 10.0. The molecule has 0 aliphatic carbocycles. The first-order chi connectivity index (χ1) is 5.43. The number of hydrogen-bond acceptors (Lipinski definition) is 3. The number of carbonyl (C=O) groups excluding carboxylic acids is 1. The Balaban J connectivity index is 2.36. The van der Waals surface area contributed by atoms with Crippen LogP contribution in [0.4, 0.5) is 0 Å². The van der Waals surface area contributed by atoms with Crippen molar-refractivity contribution in [3.05, 3.63) is 0 Å². The van der Waals surface area contributed by atoms with Crippen molar-refractivity contribution in [3.63, 3.8) is 0 Å². The second-order valence-corrected chi connectivity index (χ2v) is 2.37. The van der Waals surface area contributed by atoms with E-state index in [9.17, 15) is 4.79 Å². The Kier molecular flexibility index (Phi) is 3.40. The van der Waals surface area contributed by atoms with Gasteiger partial charge < -0.3 is 4.74 Å². The molecule has 0 amide bonds. The van der Waals surface area contributed by atoms with Crippen molar-refractivity contribution in [2.24, 2.45) is 10.9 Å². The molecule has 1 heterocycles. The van der Waals surface area contributed by atoms with E-state index >= 15 is 0 Å². The van der Waals surface area contributed by atoms with Crippen LogP contribution in [-0.4, -0.2) is 19.3 Å². The summed E-state index contributed by atoms with van der Waals surface area (Å²) in [5, 5.41) is 0. The topological polar surface area (TPSA) is 38.7 Å². The highest BCUT2D eigenvalue weighted by Crippen LogP contribution is 2.11. The van der Waals surface area contributed by atoms with Crippen molar-refractivity contribution >= 4 is 6.08 Å². The molecule has 0 radical (unpaired) electrons. The van der Waals surface area contributed by atoms with Gasteiger partial charge in [-0.15, -0.1) is 4.99 Å². The van der Waals surface area contributed by atoms with Gasteiger partial charge in [-0.2, -0.15) is 0 Å². The van der Waals surface area contributed by atoms with Crippen LogP contribution in [0, 0.1) is 17.9 Å². The van der Waals surface area contributed by atoms with Crippen LogP contribution < -0.4 is 0 Å². The maximum atomic E-state index is 9.62. The van der Waals surface area contributed by atoms with Gasteiger partial charge >= 0.3 is 0 Å². The standard InChI is InChI=1S/C8H9NO2/c10-7-9-4-3-8-2-1-5-11-6-8/h8H,1-2,5-6H2. The second kappa shape index (κ2) is 4.68. The Morgan fingerprint density at radius 1 is 1.55 bits per heavy atom. The summed E-state index contributed by atoms with van der Waals surface area (Å²) in [7, 11) is 0. The zero-order valence-electron chi connectivity index (χ0n) is 6.17. The molecule has 58 valence electrons. The quantitative estimate of drug-likeness (QED) is 0.290. The normalized spacial score (nSPS) is 22.7. The summed E-state index contributed by atoms with van der Waals surface area (Å²) in [4.78, 5) is 12.8. The van der Waals surface area contributed by atoms with E-state index in [1.165, 1.54) is 6.08 Å². The van der Waals surface area contributed by atoms with Crippen LogP contribution in [0.15, 0.2) is 4.99 Å². The molecule has 1 rings (SSSR count). The first-order valence-electron chi connectivity index (χ1n) is 3.58. The minimum absolute atomic E-state index is 0.251. The molecule has 1 unspecified atom stereocenters. The molecule has 1 atom stereocenters. The van der Waals surface area contributed by atoms with E-state index < -0.39 is 0 Å². The fraction of sp³-hybridized carbons (Fsp3) is 0.625. The van der Waals surface area contributed by atoms with E-state index in [1.807, 2.05) is 0 Å². The number of nitrogens with zero attached hydrogens (tertiary/aromatic N) is 1. The molecule has 0 saturated carbocycles. The number of hydrogen-bond donors (Lipinski definition) is 0. The van der Waals surface area contributed by atoms with Gasteiger partial charge in [-0.25, -0.2) is 4.79 Å². The summed E-state index contributed by atoms with van der Waals surface area (Å²) in [6.45, 7) is 1.50. The SMILES string of the molecule is O=C=NC#CC1CCCOC1. The van der Waals surface area contributed by atoms with Gasteiger partial charge in [-0.1, -0.05) is 5.92 Å². The van der Waals surface area contributed by atoms with Crippen LogP contribution in [0.5, 0.6) is 0 Å². The smallest absolute Gasteiger partial charge is 0.249 e. The maximum absolute atomic E-state index is 9.62. The minimum Gasteiger partial charge on any atom is -0.380 e. The van der Waals surface area contributed by atoms with E-state index in [4.69, 9.17) is 4.74 Å². The molecular weight excluding hydrogens is 142 g/mol. The third kappa shape index (κ3) is 2.99. The molecule has 1 aliphatic heterocycles. The zero-order valence-corrected chi connectivity index (χ0v) is 6.17. The van der Waals surface area contributed by atoms with E-state index in [2.05, 4.69) is 17.0 Å². The van der Waals surface area contributed by atoms with Gasteiger partial charge in [0.25, 0.3) is 0 Å². The highest BCUT2D eigenvalue weighted by Gasteiger charge is 2.09. The summed E-state index contributed by atoms with van der Waals surface area (Å²) in [5.74, 6) is 3.07. The van der Waals surface area contributed by atoms with Crippen LogP contribution in [0.3, 0.4) is 0 Å². The van der Waals surface area contributed by atoms with Crippen LogP contribution in [0.25, 0.3) is 0 Å². The lowest BCUT2D eigenvalue weighted by Crippen LogP contribution is -2.15. The number of isocyanates is 1. The minimum atomic E-state index is 0.251. The number of ether oxygens (including phenoxy) is 1. The largest absolute Gasteiger partial charge is 0.380 e. The van der Waals surface area contributed by atoms with Crippen LogP contribution >= 0.6 is 0 Å². The van der Waals surface area contributed by atoms with Gasteiger partial charge in [0.1, 0.15) is 0 Å².